The Bertz CT molecular complexity index is 450. The van der Waals surface area contributed by atoms with E-state index in [1.807, 2.05) is 0 Å². The number of anilines is 1. The highest BCUT2D eigenvalue weighted by Crippen LogP contribution is 2.15. The van der Waals surface area contributed by atoms with E-state index in [1.54, 1.807) is 13.8 Å². The van der Waals surface area contributed by atoms with Gasteiger partial charge in [-0.25, -0.2) is 9.97 Å². The molecule has 17 heavy (non-hydrogen) atoms. The van der Waals surface area contributed by atoms with E-state index in [0.717, 1.165) is 0 Å². The minimum atomic E-state index is -0.333. The predicted octanol–water partition coefficient (Wildman–Crippen LogP) is -0.0344. The zero-order valence-corrected chi connectivity index (χ0v) is 9.73. The first-order valence-electron chi connectivity index (χ1n) is 5.05. The van der Waals surface area contributed by atoms with Gasteiger partial charge >= 0.3 is 0 Å². The first kappa shape index (κ1) is 12.8. The molecule has 0 aromatic carbocycles. The van der Waals surface area contributed by atoms with Crippen molar-refractivity contribution >= 4 is 11.7 Å². The van der Waals surface area contributed by atoms with Crippen LogP contribution in [0.5, 0.6) is 5.75 Å². The standard InChI is InChI=1S/C11H14N4O2/c1-3-4-10(16)15-8(2)6-17-9-5-13-7-14-11(9)12/h5,7-8H,6H2,1-2H3,(H,15,16)(H2,12,13,14). The first-order valence-corrected chi connectivity index (χ1v) is 5.05. The van der Waals surface area contributed by atoms with Crippen molar-refractivity contribution in [3.8, 4) is 17.6 Å². The summed E-state index contributed by atoms with van der Waals surface area (Å²) in [7, 11) is 0. The highest BCUT2D eigenvalue weighted by atomic mass is 16.5. The van der Waals surface area contributed by atoms with Gasteiger partial charge in [-0.05, 0) is 19.8 Å². The monoisotopic (exact) mass is 234 g/mol. The quantitative estimate of drug-likeness (QED) is 0.714. The number of carbonyl (C=O) groups excluding carboxylic acids is 1. The van der Waals surface area contributed by atoms with Crippen LogP contribution in [-0.2, 0) is 4.79 Å². The van der Waals surface area contributed by atoms with E-state index in [4.69, 9.17) is 10.5 Å². The summed E-state index contributed by atoms with van der Waals surface area (Å²) in [6.07, 6.45) is 2.81. The van der Waals surface area contributed by atoms with Crippen LogP contribution in [0.4, 0.5) is 5.82 Å². The Balaban J connectivity index is 2.42. The fourth-order valence-electron chi connectivity index (χ4n) is 1.07. The number of nitrogens with two attached hydrogens (primary N) is 1. The van der Waals surface area contributed by atoms with E-state index in [9.17, 15) is 4.79 Å². The lowest BCUT2D eigenvalue weighted by Crippen LogP contribution is -2.36. The van der Waals surface area contributed by atoms with Crippen LogP contribution >= 0.6 is 0 Å². The van der Waals surface area contributed by atoms with Crippen LogP contribution in [0.1, 0.15) is 13.8 Å². The van der Waals surface area contributed by atoms with Crippen LogP contribution in [0.25, 0.3) is 0 Å². The number of amides is 1. The SMILES string of the molecule is CC#CC(=O)NC(C)COc1cncnc1N. The Labute approximate surface area is 99.6 Å². The number of rotatable bonds is 4. The van der Waals surface area contributed by atoms with Gasteiger partial charge in [0.2, 0.25) is 0 Å². The van der Waals surface area contributed by atoms with Gasteiger partial charge in [0.1, 0.15) is 12.9 Å². The third kappa shape index (κ3) is 4.38. The van der Waals surface area contributed by atoms with Crippen molar-refractivity contribution < 1.29 is 9.53 Å². The Kier molecular flexibility index (Phi) is 4.76. The molecule has 6 nitrogen and oxygen atoms in total. The Morgan fingerprint density at radius 2 is 2.47 bits per heavy atom. The molecule has 1 atom stereocenters. The fraction of sp³-hybridized carbons (Fsp3) is 0.364. The molecule has 0 radical (unpaired) electrons. The van der Waals surface area contributed by atoms with Gasteiger partial charge in [-0.2, -0.15) is 0 Å². The molecule has 1 unspecified atom stereocenters. The van der Waals surface area contributed by atoms with E-state index in [-0.39, 0.29) is 24.4 Å². The number of hydrogen-bond donors (Lipinski definition) is 2. The minimum absolute atomic E-state index is 0.178. The smallest absolute Gasteiger partial charge is 0.296 e. The molecule has 0 fully saturated rings. The van der Waals surface area contributed by atoms with Crippen LogP contribution in [0, 0.1) is 11.8 Å². The number of carbonyl (C=O) groups is 1. The van der Waals surface area contributed by atoms with Crippen molar-refractivity contribution in [2.75, 3.05) is 12.3 Å². The van der Waals surface area contributed by atoms with Gasteiger partial charge in [0, 0.05) is 0 Å². The maximum Gasteiger partial charge on any atom is 0.296 e. The number of aromatic nitrogens is 2. The van der Waals surface area contributed by atoms with Crippen molar-refractivity contribution in [1.82, 2.24) is 15.3 Å². The second kappa shape index (κ2) is 6.33. The van der Waals surface area contributed by atoms with Crippen molar-refractivity contribution in [3.05, 3.63) is 12.5 Å². The van der Waals surface area contributed by atoms with Crippen molar-refractivity contribution in [1.29, 1.82) is 0 Å². The lowest BCUT2D eigenvalue weighted by Gasteiger charge is -2.13. The van der Waals surface area contributed by atoms with Gasteiger partial charge in [0.25, 0.3) is 5.91 Å². The normalized spacial score (nSPS) is 10.9. The molecule has 1 heterocycles. The Morgan fingerprint density at radius 1 is 1.71 bits per heavy atom. The molecule has 0 bridgehead atoms. The summed E-state index contributed by atoms with van der Waals surface area (Å²) >= 11 is 0. The van der Waals surface area contributed by atoms with Crippen LogP contribution in [0.3, 0.4) is 0 Å². The molecule has 90 valence electrons. The second-order valence-corrected chi connectivity index (χ2v) is 3.33. The molecular formula is C11H14N4O2. The Hall–Kier alpha value is -2.29. The van der Waals surface area contributed by atoms with Crippen LogP contribution < -0.4 is 15.8 Å². The number of ether oxygens (including phenoxy) is 1. The van der Waals surface area contributed by atoms with Crippen LogP contribution in [-0.4, -0.2) is 28.5 Å². The summed E-state index contributed by atoms with van der Waals surface area (Å²) in [6, 6.07) is -0.178. The average molecular weight is 234 g/mol. The number of hydrogen-bond acceptors (Lipinski definition) is 5. The second-order valence-electron chi connectivity index (χ2n) is 3.33. The van der Waals surface area contributed by atoms with Gasteiger partial charge in [-0.3, -0.25) is 4.79 Å². The summed E-state index contributed by atoms with van der Waals surface area (Å²) in [4.78, 5) is 18.7. The van der Waals surface area contributed by atoms with E-state index >= 15 is 0 Å². The minimum Gasteiger partial charge on any atom is -0.486 e. The lowest BCUT2D eigenvalue weighted by atomic mass is 10.3. The third-order valence-corrected chi connectivity index (χ3v) is 1.81. The maximum absolute atomic E-state index is 11.1. The summed E-state index contributed by atoms with van der Waals surface area (Å²) in [6.45, 7) is 3.67. The number of nitrogens with zero attached hydrogens (tertiary/aromatic N) is 2. The molecule has 1 rings (SSSR count). The zero-order valence-electron chi connectivity index (χ0n) is 9.73. The van der Waals surface area contributed by atoms with Gasteiger partial charge in [0.15, 0.2) is 11.6 Å². The largest absolute Gasteiger partial charge is 0.486 e. The fourth-order valence-corrected chi connectivity index (χ4v) is 1.07. The number of nitrogen functional groups attached to an aromatic ring is 1. The van der Waals surface area contributed by atoms with Crippen molar-refractivity contribution in [2.45, 2.75) is 19.9 Å². The van der Waals surface area contributed by atoms with Gasteiger partial charge in [-0.1, -0.05) is 5.92 Å². The van der Waals surface area contributed by atoms with Gasteiger partial charge in [-0.15, -0.1) is 0 Å². The third-order valence-electron chi connectivity index (χ3n) is 1.81. The summed E-state index contributed by atoms with van der Waals surface area (Å²) in [5, 5.41) is 2.65. The number of nitrogens with one attached hydrogen (secondary N) is 1. The highest BCUT2D eigenvalue weighted by Gasteiger charge is 2.07. The molecular weight excluding hydrogens is 220 g/mol. The molecule has 0 aliphatic rings. The van der Waals surface area contributed by atoms with E-state index in [1.165, 1.54) is 12.5 Å². The van der Waals surface area contributed by atoms with Crippen molar-refractivity contribution in [2.24, 2.45) is 0 Å². The van der Waals surface area contributed by atoms with Crippen molar-refractivity contribution in [3.63, 3.8) is 0 Å². The topological polar surface area (TPSA) is 90.1 Å². The molecule has 0 saturated carbocycles. The van der Waals surface area contributed by atoms with Crippen LogP contribution in [0.2, 0.25) is 0 Å². The molecule has 1 amide bonds. The van der Waals surface area contributed by atoms with Gasteiger partial charge in [0.05, 0.1) is 12.2 Å². The predicted molar refractivity (Wildman–Crippen MR) is 63.0 cm³/mol. The molecule has 0 aliphatic heterocycles. The molecule has 0 saturated heterocycles. The molecule has 1 aromatic rings. The van der Waals surface area contributed by atoms with E-state index < -0.39 is 0 Å². The summed E-state index contributed by atoms with van der Waals surface area (Å²) in [5.41, 5.74) is 5.57. The molecule has 0 aliphatic carbocycles. The average Bonchev–Trinajstić information content (AvgIpc) is 2.28. The highest BCUT2D eigenvalue weighted by molar-refractivity contribution is 5.93. The molecule has 6 heteroatoms. The summed E-state index contributed by atoms with van der Waals surface area (Å²) in [5.74, 6) is 5.23. The van der Waals surface area contributed by atoms with E-state index in [0.29, 0.717) is 5.75 Å². The molecule has 1 aromatic heterocycles. The van der Waals surface area contributed by atoms with Crippen LogP contribution in [0.15, 0.2) is 12.5 Å². The maximum atomic E-state index is 11.1. The molecule has 0 spiro atoms. The van der Waals surface area contributed by atoms with E-state index in [2.05, 4.69) is 27.1 Å². The van der Waals surface area contributed by atoms with Gasteiger partial charge < -0.3 is 15.8 Å². The zero-order chi connectivity index (χ0) is 12.7. The molecule has 3 N–H and O–H groups in total. The lowest BCUT2D eigenvalue weighted by molar-refractivity contribution is -0.116. The summed E-state index contributed by atoms with van der Waals surface area (Å²) < 4.78 is 5.36. The first-order chi connectivity index (χ1) is 8.13. The Morgan fingerprint density at radius 3 is 3.12 bits per heavy atom.